The molecule has 0 spiro atoms. The fourth-order valence-electron chi connectivity index (χ4n) is 2.47. The van der Waals surface area contributed by atoms with E-state index in [-0.39, 0.29) is 17.9 Å². The molecule has 0 saturated carbocycles. The van der Waals surface area contributed by atoms with Crippen LogP contribution in [0.4, 0.5) is 5.69 Å². The summed E-state index contributed by atoms with van der Waals surface area (Å²) in [6.07, 6.45) is 2.18. The number of carbonyl (C=O) groups is 2. The summed E-state index contributed by atoms with van der Waals surface area (Å²) in [6, 6.07) is 7.73. The van der Waals surface area contributed by atoms with Crippen LogP contribution in [0.25, 0.3) is 0 Å². The smallest absolute Gasteiger partial charge is 0.253 e. The number of nitrogens with one attached hydrogen (secondary N) is 1. The number of hydrogen-bond donors (Lipinski definition) is 1. The van der Waals surface area contributed by atoms with Crippen molar-refractivity contribution in [3.63, 3.8) is 0 Å². The number of amides is 2. The minimum Gasteiger partial charge on any atom is -0.369 e. The molecule has 1 N–H and O–H groups in total. The van der Waals surface area contributed by atoms with E-state index in [2.05, 4.69) is 16.8 Å². The molecule has 1 aliphatic heterocycles. The number of carbonyl (C=O) groups excluding carboxylic acids is 2. The first kappa shape index (κ1) is 15.1. The third-order valence-electron chi connectivity index (χ3n) is 3.58. The van der Waals surface area contributed by atoms with Gasteiger partial charge in [0.25, 0.3) is 5.91 Å². The van der Waals surface area contributed by atoms with E-state index in [1.54, 1.807) is 19.0 Å². The van der Waals surface area contributed by atoms with Crippen molar-refractivity contribution in [3.8, 4) is 0 Å². The second-order valence-corrected chi connectivity index (χ2v) is 5.39. The van der Waals surface area contributed by atoms with Gasteiger partial charge < -0.3 is 15.1 Å². The van der Waals surface area contributed by atoms with Gasteiger partial charge in [-0.15, -0.1) is 0 Å². The number of benzene rings is 1. The lowest BCUT2D eigenvalue weighted by Crippen LogP contribution is -2.36. The van der Waals surface area contributed by atoms with Gasteiger partial charge in [0.1, 0.15) is 0 Å². The van der Waals surface area contributed by atoms with Crippen LogP contribution in [-0.4, -0.2) is 49.9 Å². The highest BCUT2D eigenvalue weighted by Gasteiger charge is 2.24. The van der Waals surface area contributed by atoms with Gasteiger partial charge in [0.15, 0.2) is 0 Å². The summed E-state index contributed by atoms with van der Waals surface area (Å²) in [6.45, 7) is 5.07. The molecule has 0 aliphatic carbocycles. The summed E-state index contributed by atoms with van der Waals surface area (Å²) in [4.78, 5) is 27.1. The Bertz CT molecular complexity index is 554. The van der Waals surface area contributed by atoms with E-state index in [4.69, 9.17) is 0 Å². The first-order valence-electron chi connectivity index (χ1n) is 7.01. The minimum absolute atomic E-state index is 0.00689. The normalized spacial score (nSPS) is 17.4. The average molecular weight is 287 g/mol. The maximum Gasteiger partial charge on any atom is 0.253 e. The van der Waals surface area contributed by atoms with Crippen LogP contribution in [0.2, 0.25) is 0 Å². The minimum atomic E-state index is -0.140. The van der Waals surface area contributed by atoms with E-state index in [1.165, 1.54) is 6.08 Å². The van der Waals surface area contributed by atoms with Crippen LogP contribution in [0.3, 0.4) is 0 Å². The molecule has 5 nitrogen and oxygen atoms in total. The first-order chi connectivity index (χ1) is 10.0. The van der Waals surface area contributed by atoms with Crippen molar-refractivity contribution >= 4 is 17.5 Å². The maximum atomic E-state index is 12.0. The zero-order chi connectivity index (χ0) is 15.4. The van der Waals surface area contributed by atoms with Gasteiger partial charge in [-0.3, -0.25) is 9.59 Å². The van der Waals surface area contributed by atoms with Crippen LogP contribution < -0.4 is 10.2 Å². The van der Waals surface area contributed by atoms with Gasteiger partial charge in [0, 0.05) is 44.5 Å². The Morgan fingerprint density at radius 2 is 2.19 bits per heavy atom. The average Bonchev–Trinajstić information content (AvgIpc) is 2.94. The second kappa shape index (κ2) is 6.43. The fraction of sp³-hybridized carbons (Fsp3) is 0.375. The number of rotatable bonds is 4. The van der Waals surface area contributed by atoms with Gasteiger partial charge in [-0.1, -0.05) is 12.6 Å². The first-order valence-corrected chi connectivity index (χ1v) is 7.01. The summed E-state index contributed by atoms with van der Waals surface area (Å²) in [5, 5.41) is 2.91. The van der Waals surface area contributed by atoms with Crippen LogP contribution in [0, 0.1) is 0 Å². The molecule has 1 heterocycles. The van der Waals surface area contributed by atoms with Gasteiger partial charge in [-0.2, -0.15) is 0 Å². The molecule has 1 aromatic carbocycles. The van der Waals surface area contributed by atoms with Gasteiger partial charge in [0.2, 0.25) is 5.91 Å². The molecule has 5 heteroatoms. The van der Waals surface area contributed by atoms with Gasteiger partial charge in [0.05, 0.1) is 0 Å². The van der Waals surface area contributed by atoms with E-state index < -0.39 is 0 Å². The molecule has 1 aliphatic rings. The van der Waals surface area contributed by atoms with Crippen molar-refractivity contribution in [2.24, 2.45) is 0 Å². The number of anilines is 1. The molecule has 21 heavy (non-hydrogen) atoms. The lowest BCUT2D eigenvalue weighted by Gasteiger charge is -2.20. The molecular formula is C16H21N3O2. The van der Waals surface area contributed by atoms with Gasteiger partial charge >= 0.3 is 0 Å². The van der Waals surface area contributed by atoms with E-state index in [9.17, 15) is 9.59 Å². The van der Waals surface area contributed by atoms with Gasteiger partial charge in [-0.25, -0.2) is 0 Å². The summed E-state index contributed by atoms with van der Waals surface area (Å²) in [5.74, 6) is -0.147. The monoisotopic (exact) mass is 287 g/mol. The topological polar surface area (TPSA) is 52.7 Å². The largest absolute Gasteiger partial charge is 0.369 e. The molecule has 2 amide bonds. The van der Waals surface area contributed by atoms with Crippen LogP contribution >= 0.6 is 0 Å². The van der Waals surface area contributed by atoms with E-state index in [0.29, 0.717) is 5.56 Å². The zero-order valence-electron chi connectivity index (χ0n) is 12.5. The Hall–Kier alpha value is -2.30. The highest BCUT2D eigenvalue weighted by Crippen LogP contribution is 2.22. The van der Waals surface area contributed by atoms with E-state index >= 15 is 0 Å². The van der Waals surface area contributed by atoms with Crippen LogP contribution in [0.15, 0.2) is 36.9 Å². The molecular weight excluding hydrogens is 266 g/mol. The second-order valence-electron chi connectivity index (χ2n) is 5.39. The molecule has 0 bridgehead atoms. The predicted molar refractivity (Wildman–Crippen MR) is 83.4 cm³/mol. The predicted octanol–water partition coefficient (Wildman–Crippen LogP) is 1.27. The molecule has 1 aromatic rings. The number of hydrogen-bond acceptors (Lipinski definition) is 3. The Balaban J connectivity index is 2.06. The van der Waals surface area contributed by atoms with Crippen molar-refractivity contribution in [2.45, 2.75) is 12.5 Å². The van der Waals surface area contributed by atoms with Crippen molar-refractivity contribution in [1.29, 1.82) is 0 Å². The lowest BCUT2D eigenvalue weighted by molar-refractivity contribution is -0.117. The molecule has 1 atom stereocenters. The molecule has 112 valence electrons. The molecule has 1 fully saturated rings. The Kier molecular flexibility index (Phi) is 4.62. The highest BCUT2D eigenvalue weighted by molar-refractivity contribution is 5.94. The van der Waals surface area contributed by atoms with Crippen LogP contribution in [-0.2, 0) is 4.79 Å². The zero-order valence-corrected chi connectivity index (χ0v) is 12.5. The Labute approximate surface area is 125 Å². The fourth-order valence-corrected chi connectivity index (χ4v) is 2.47. The van der Waals surface area contributed by atoms with E-state index in [1.807, 2.05) is 24.3 Å². The summed E-state index contributed by atoms with van der Waals surface area (Å²) >= 11 is 0. The Morgan fingerprint density at radius 1 is 1.43 bits per heavy atom. The van der Waals surface area contributed by atoms with Crippen LogP contribution in [0.1, 0.15) is 16.8 Å². The highest BCUT2D eigenvalue weighted by atomic mass is 16.2. The third kappa shape index (κ3) is 3.62. The van der Waals surface area contributed by atoms with Crippen molar-refractivity contribution in [3.05, 3.63) is 42.5 Å². The quantitative estimate of drug-likeness (QED) is 0.849. The van der Waals surface area contributed by atoms with Crippen molar-refractivity contribution < 1.29 is 9.59 Å². The lowest BCUT2D eigenvalue weighted by atomic mass is 10.1. The summed E-state index contributed by atoms with van der Waals surface area (Å²) in [5.41, 5.74) is 1.69. The molecule has 0 aromatic heterocycles. The number of nitrogens with zero attached hydrogens (tertiary/aromatic N) is 2. The Morgan fingerprint density at radius 3 is 2.86 bits per heavy atom. The summed E-state index contributed by atoms with van der Waals surface area (Å²) < 4.78 is 0. The maximum absolute atomic E-state index is 12.0. The molecule has 0 radical (unpaired) electrons. The third-order valence-corrected chi connectivity index (χ3v) is 3.58. The van der Waals surface area contributed by atoms with Crippen molar-refractivity contribution in [2.75, 3.05) is 32.1 Å². The molecule has 2 rings (SSSR count). The SMILES string of the molecule is C=CC(=O)N[C@H]1CCN(c2cccc(C(=O)N(C)C)c2)C1. The van der Waals surface area contributed by atoms with Crippen molar-refractivity contribution in [1.82, 2.24) is 10.2 Å². The standard InChI is InChI=1S/C16H21N3O2/c1-4-15(20)17-13-8-9-19(11-13)14-7-5-6-12(10-14)16(21)18(2)3/h4-7,10,13H,1,8-9,11H2,2-3H3,(H,17,20)/t13-/m0/s1. The molecule has 0 unspecified atom stereocenters. The summed E-state index contributed by atoms with van der Waals surface area (Å²) in [7, 11) is 3.48. The van der Waals surface area contributed by atoms with Crippen LogP contribution in [0.5, 0.6) is 0 Å². The molecule has 1 saturated heterocycles. The van der Waals surface area contributed by atoms with Gasteiger partial charge in [-0.05, 0) is 30.7 Å². The van der Waals surface area contributed by atoms with E-state index in [0.717, 1.165) is 25.2 Å².